The van der Waals surface area contributed by atoms with Crippen molar-refractivity contribution in [2.45, 2.75) is 45.7 Å². The second kappa shape index (κ2) is 11.4. The molecule has 0 spiro atoms. The molecule has 2 aromatic carbocycles. The Hall–Kier alpha value is -1.75. The van der Waals surface area contributed by atoms with E-state index in [4.69, 9.17) is 34.8 Å². The van der Waals surface area contributed by atoms with Crippen molar-refractivity contribution in [2.75, 3.05) is 6.54 Å². The van der Waals surface area contributed by atoms with Crippen LogP contribution < -0.4 is 5.32 Å². The zero-order chi connectivity index (χ0) is 21.4. The third kappa shape index (κ3) is 6.63. The van der Waals surface area contributed by atoms with Crippen LogP contribution in [0.1, 0.15) is 37.8 Å². The predicted octanol–water partition coefficient (Wildman–Crippen LogP) is 5.52. The van der Waals surface area contributed by atoms with E-state index in [2.05, 4.69) is 5.32 Å². The first kappa shape index (κ1) is 23.5. The van der Waals surface area contributed by atoms with E-state index in [0.717, 1.165) is 12.0 Å². The summed E-state index contributed by atoms with van der Waals surface area (Å²) in [5, 5.41) is 4.42. The Labute approximate surface area is 187 Å². The van der Waals surface area contributed by atoms with E-state index < -0.39 is 6.04 Å². The molecule has 2 aromatic rings. The summed E-state index contributed by atoms with van der Waals surface area (Å²) in [6.45, 7) is 4.57. The first-order valence-corrected chi connectivity index (χ1v) is 10.7. The number of nitrogens with one attached hydrogen (secondary N) is 1. The Morgan fingerprint density at radius 1 is 1.00 bits per heavy atom. The third-order valence-electron chi connectivity index (χ3n) is 4.59. The fourth-order valence-corrected chi connectivity index (χ4v) is 3.66. The molecule has 0 unspecified atom stereocenters. The van der Waals surface area contributed by atoms with Gasteiger partial charge >= 0.3 is 0 Å². The summed E-state index contributed by atoms with van der Waals surface area (Å²) in [5.74, 6) is -0.358. The monoisotopic (exact) mass is 454 g/mol. The lowest BCUT2D eigenvalue weighted by atomic mass is 10.1. The molecule has 0 aliphatic carbocycles. The first-order chi connectivity index (χ1) is 13.9. The minimum atomic E-state index is -0.617. The summed E-state index contributed by atoms with van der Waals surface area (Å²) in [7, 11) is 0. The van der Waals surface area contributed by atoms with E-state index in [0.29, 0.717) is 33.6 Å². The fourth-order valence-electron chi connectivity index (χ4n) is 3.02. The van der Waals surface area contributed by atoms with Gasteiger partial charge < -0.3 is 10.2 Å². The Bertz CT molecular complexity index is 820. The van der Waals surface area contributed by atoms with Gasteiger partial charge in [0.25, 0.3) is 0 Å². The number of carbonyl (C=O) groups excluding carboxylic acids is 2. The summed E-state index contributed by atoms with van der Waals surface area (Å²) in [5.41, 5.74) is 1.44. The van der Waals surface area contributed by atoms with Crippen LogP contribution >= 0.6 is 34.8 Å². The van der Waals surface area contributed by atoms with E-state index in [1.165, 1.54) is 0 Å². The molecule has 1 N–H and O–H groups in total. The molecule has 7 heteroatoms. The zero-order valence-electron chi connectivity index (χ0n) is 16.6. The molecule has 1 atom stereocenters. The third-order valence-corrected chi connectivity index (χ3v) is 5.55. The van der Waals surface area contributed by atoms with Crippen LogP contribution in [0, 0.1) is 0 Å². The lowest BCUT2D eigenvalue weighted by Gasteiger charge is -2.31. The van der Waals surface area contributed by atoms with Crippen LogP contribution in [-0.4, -0.2) is 29.3 Å². The van der Waals surface area contributed by atoms with Crippen LogP contribution in [0.25, 0.3) is 0 Å². The van der Waals surface area contributed by atoms with Gasteiger partial charge in [0.2, 0.25) is 11.8 Å². The maximum atomic E-state index is 13.2. The fraction of sp³-hybridized carbons (Fsp3) is 0.364. The van der Waals surface area contributed by atoms with Gasteiger partial charge in [0, 0.05) is 33.7 Å². The van der Waals surface area contributed by atoms with Gasteiger partial charge in [-0.2, -0.15) is 0 Å². The van der Waals surface area contributed by atoms with Crippen LogP contribution in [0.5, 0.6) is 0 Å². The maximum absolute atomic E-state index is 13.2. The highest BCUT2D eigenvalue weighted by Gasteiger charge is 2.29. The van der Waals surface area contributed by atoms with Crippen LogP contribution in [0.15, 0.2) is 42.5 Å². The molecule has 0 fully saturated rings. The normalized spacial score (nSPS) is 11.8. The number of nitrogens with zero attached hydrogens (tertiary/aromatic N) is 1. The Morgan fingerprint density at radius 3 is 2.17 bits per heavy atom. The molecule has 0 bridgehead atoms. The van der Waals surface area contributed by atoms with Crippen LogP contribution in [-0.2, 0) is 22.6 Å². The second-order valence-corrected chi connectivity index (χ2v) is 7.99. The number of carbonyl (C=O) groups is 2. The molecule has 0 aliphatic heterocycles. The summed E-state index contributed by atoms with van der Waals surface area (Å²) in [6, 6.07) is 11.7. The first-order valence-electron chi connectivity index (χ1n) is 9.61. The van der Waals surface area contributed by atoms with Crippen molar-refractivity contribution < 1.29 is 9.59 Å². The number of hydrogen-bond acceptors (Lipinski definition) is 2. The topological polar surface area (TPSA) is 49.4 Å². The minimum Gasteiger partial charge on any atom is -0.354 e. The van der Waals surface area contributed by atoms with Crippen molar-refractivity contribution in [3.05, 3.63) is 68.7 Å². The van der Waals surface area contributed by atoms with E-state index in [1.807, 2.05) is 13.8 Å². The van der Waals surface area contributed by atoms with Crippen molar-refractivity contribution >= 4 is 46.6 Å². The summed E-state index contributed by atoms with van der Waals surface area (Å²) < 4.78 is 0. The molecular weight excluding hydrogens is 431 g/mol. The molecule has 29 heavy (non-hydrogen) atoms. The molecular formula is C22H25Cl3N2O2. The molecule has 0 saturated heterocycles. The van der Waals surface area contributed by atoms with Gasteiger partial charge in [-0.15, -0.1) is 0 Å². The van der Waals surface area contributed by atoms with Crippen molar-refractivity contribution in [1.82, 2.24) is 10.2 Å². The molecule has 0 aromatic heterocycles. The highest BCUT2D eigenvalue weighted by atomic mass is 35.5. The van der Waals surface area contributed by atoms with Gasteiger partial charge in [-0.05, 0) is 42.7 Å². The van der Waals surface area contributed by atoms with E-state index in [9.17, 15) is 9.59 Å². The molecule has 0 radical (unpaired) electrons. The summed E-state index contributed by atoms with van der Waals surface area (Å²) in [6.07, 6.45) is 1.44. The van der Waals surface area contributed by atoms with Gasteiger partial charge in [-0.3, -0.25) is 9.59 Å². The predicted molar refractivity (Wildman–Crippen MR) is 120 cm³/mol. The molecule has 2 rings (SSSR count). The maximum Gasteiger partial charge on any atom is 0.242 e. The SMILES string of the molecule is CCCNC(=O)[C@H](CC)N(Cc1c(Cl)cccc1Cl)C(=O)Cc1ccc(Cl)cc1. The summed E-state index contributed by atoms with van der Waals surface area (Å²) in [4.78, 5) is 27.5. The molecule has 0 aliphatic rings. The Morgan fingerprint density at radius 2 is 1.62 bits per heavy atom. The quantitative estimate of drug-likeness (QED) is 0.541. The van der Waals surface area contributed by atoms with E-state index in [-0.39, 0.29) is 24.8 Å². The van der Waals surface area contributed by atoms with Gasteiger partial charge in [0.05, 0.1) is 6.42 Å². The molecule has 0 saturated carbocycles. The van der Waals surface area contributed by atoms with E-state index in [1.54, 1.807) is 47.4 Å². The lowest BCUT2D eigenvalue weighted by Crippen LogP contribution is -2.49. The average molecular weight is 456 g/mol. The Balaban J connectivity index is 2.33. The van der Waals surface area contributed by atoms with Crippen LogP contribution in [0.2, 0.25) is 15.1 Å². The number of halogens is 3. The van der Waals surface area contributed by atoms with Gasteiger partial charge in [0.15, 0.2) is 0 Å². The second-order valence-electron chi connectivity index (χ2n) is 6.74. The van der Waals surface area contributed by atoms with Crippen molar-refractivity contribution in [1.29, 1.82) is 0 Å². The molecule has 2 amide bonds. The number of hydrogen-bond donors (Lipinski definition) is 1. The summed E-state index contributed by atoms with van der Waals surface area (Å²) >= 11 is 18.6. The number of rotatable bonds is 9. The Kier molecular flexibility index (Phi) is 9.28. The van der Waals surface area contributed by atoms with Crippen LogP contribution in [0.3, 0.4) is 0 Å². The van der Waals surface area contributed by atoms with E-state index >= 15 is 0 Å². The van der Waals surface area contributed by atoms with Gasteiger partial charge in [-0.1, -0.05) is 66.8 Å². The lowest BCUT2D eigenvalue weighted by molar-refractivity contribution is -0.140. The van der Waals surface area contributed by atoms with Crippen LogP contribution in [0.4, 0.5) is 0 Å². The van der Waals surface area contributed by atoms with Crippen molar-refractivity contribution in [3.8, 4) is 0 Å². The van der Waals surface area contributed by atoms with Crippen molar-refractivity contribution in [2.24, 2.45) is 0 Å². The molecule has 156 valence electrons. The highest BCUT2D eigenvalue weighted by molar-refractivity contribution is 6.36. The van der Waals surface area contributed by atoms with Gasteiger partial charge in [0.1, 0.15) is 6.04 Å². The highest BCUT2D eigenvalue weighted by Crippen LogP contribution is 2.27. The zero-order valence-corrected chi connectivity index (χ0v) is 18.8. The van der Waals surface area contributed by atoms with Crippen molar-refractivity contribution in [3.63, 3.8) is 0 Å². The number of amides is 2. The molecule has 0 heterocycles. The number of benzene rings is 2. The molecule has 4 nitrogen and oxygen atoms in total. The van der Waals surface area contributed by atoms with Gasteiger partial charge in [-0.25, -0.2) is 0 Å². The standard InChI is InChI=1S/C22H25Cl3N2O2/c1-3-12-26-22(29)20(4-2)27(14-17-18(24)6-5-7-19(17)25)21(28)13-15-8-10-16(23)11-9-15/h5-11,20H,3-4,12-14H2,1-2H3,(H,26,29)/t20-/m0/s1. The minimum absolute atomic E-state index is 0.150. The largest absolute Gasteiger partial charge is 0.354 e. The average Bonchev–Trinajstić information content (AvgIpc) is 2.70. The smallest absolute Gasteiger partial charge is 0.242 e.